The predicted octanol–water partition coefficient (Wildman–Crippen LogP) is 2.07. The number of ether oxygens (including phenoxy) is 1. The maximum absolute atomic E-state index is 12.3. The summed E-state index contributed by atoms with van der Waals surface area (Å²) in [6.07, 6.45) is 0.533. The molecule has 2 aromatic carbocycles. The van der Waals surface area contributed by atoms with Gasteiger partial charge in [-0.3, -0.25) is 4.79 Å². The minimum atomic E-state index is -0.358. The highest BCUT2D eigenvalue weighted by molar-refractivity contribution is 5.82. The minimum Gasteiger partial charge on any atom is -0.489 e. The van der Waals surface area contributed by atoms with Crippen LogP contribution in [0.25, 0.3) is 0 Å². The summed E-state index contributed by atoms with van der Waals surface area (Å²) in [5.41, 5.74) is 2.33. The maximum Gasteiger partial charge on any atom is 0.223 e. The molecule has 0 bridgehead atoms. The average molecular weight is 366 g/mol. The monoisotopic (exact) mass is 366 g/mol. The van der Waals surface area contributed by atoms with Crippen LogP contribution in [0.15, 0.2) is 54.6 Å². The van der Waals surface area contributed by atoms with E-state index in [1.54, 1.807) is 0 Å². The molecule has 4 atom stereocenters. The first kappa shape index (κ1) is 18.0. The van der Waals surface area contributed by atoms with Crippen molar-refractivity contribution in [3.8, 4) is 5.75 Å². The summed E-state index contributed by atoms with van der Waals surface area (Å²) >= 11 is 0. The zero-order valence-corrected chi connectivity index (χ0v) is 15.3. The van der Waals surface area contributed by atoms with Crippen molar-refractivity contribution in [2.24, 2.45) is 11.8 Å². The maximum atomic E-state index is 12.3. The van der Waals surface area contributed by atoms with Gasteiger partial charge < -0.3 is 20.5 Å². The predicted molar refractivity (Wildman–Crippen MR) is 103 cm³/mol. The number of hydrogen-bond acceptors (Lipinski definition) is 4. The molecule has 1 saturated heterocycles. The molecule has 5 heteroatoms. The Morgan fingerprint density at radius 3 is 2.59 bits per heavy atom. The summed E-state index contributed by atoms with van der Waals surface area (Å²) in [4.78, 5) is 12.3. The van der Waals surface area contributed by atoms with Crippen LogP contribution in [0.3, 0.4) is 0 Å². The molecule has 0 radical (unpaired) electrons. The lowest BCUT2D eigenvalue weighted by molar-refractivity contribution is -0.122. The molecule has 4 unspecified atom stereocenters. The number of β-amino-alcohol motifs (C(OH)–C–C–N with tert-alkyl or cyclic N) is 1. The van der Waals surface area contributed by atoms with E-state index >= 15 is 0 Å². The summed E-state index contributed by atoms with van der Waals surface area (Å²) in [5.74, 6) is 1.40. The first-order valence-corrected chi connectivity index (χ1v) is 9.64. The van der Waals surface area contributed by atoms with Gasteiger partial charge in [0, 0.05) is 31.5 Å². The summed E-state index contributed by atoms with van der Waals surface area (Å²) in [6.45, 7) is 2.48. The second-order valence-corrected chi connectivity index (χ2v) is 7.52. The van der Waals surface area contributed by atoms with Gasteiger partial charge in [-0.05, 0) is 35.6 Å². The fourth-order valence-electron chi connectivity index (χ4n) is 3.70. The van der Waals surface area contributed by atoms with Crippen LogP contribution in [0.5, 0.6) is 5.75 Å². The zero-order valence-electron chi connectivity index (χ0n) is 15.3. The molecular weight excluding hydrogens is 340 g/mol. The van der Waals surface area contributed by atoms with Crippen LogP contribution >= 0.6 is 0 Å². The molecule has 4 rings (SSSR count). The Balaban J connectivity index is 1.24. The molecule has 0 spiro atoms. The van der Waals surface area contributed by atoms with Crippen LogP contribution in [-0.4, -0.2) is 36.8 Å². The van der Waals surface area contributed by atoms with Crippen molar-refractivity contribution < 1.29 is 14.6 Å². The van der Waals surface area contributed by atoms with E-state index in [9.17, 15) is 9.90 Å². The van der Waals surface area contributed by atoms with E-state index in [1.165, 1.54) is 5.56 Å². The Morgan fingerprint density at radius 2 is 1.89 bits per heavy atom. The van der Waals surface area contributed by atoms with Gasteiger partial charge >= 0.3 is 0 Å². The Kier molecular flexibility index (Phi) is 5.41. The van der Waals surface area contributed by atoms with Gasteiger partial charge in [-0.1, -0.05) is 42.5 Å². The van der Waals surface area contributed by atoms with Crippen molar-refractivity contribution in [1.29, 1.82) is 0 Å². The first-order valence-electron chi connectivity index (χ1n) is 9.64. The lowest BCUT2D eigenvalue weighted by atomic mass is 10.1. The molecule has 3 N–H and O–H groups in total. The van der Waals surface area contributed by atoms with Crippen molar-refractivity contribution in [2.75, 3.05) is 19.6 Å². The van der Waals surface area contributed by atoms with Crippen LogP contribution in [0.1, 0.15) is 23.5 Å². The molecule has 5 nitrogen and oxygen atoms in total. The van der Waals surface area contributed by atoms with E-state index in [2.05, 4.69) is 22.8 Å². The van der Waals surface area contributed by atoms with Crippen molar-refractivity contribution >= 4 is 5.91 Å². The molecule has 2 fully saturated rings. The topological polar surface area (TPSA) is 70.6 Å². The van der Waals surface area contributed by atoms with E-state index in [4.69, 9.17) is 4.74 Å². The van der Waals surface area contributed by atoms with Gasteiger partial charge in [0.2, 0.25) is 5.91 Å². The molecule has 1 aliphatic heterocycles. The third-order valence-corrected chi connectivity index (χ3v) is 5.53. The van der Waals surface area contributed by atoms with E-state index in [-0.39, 0.29) is 23.8 Å². The fourth-order valence-corrected chi connectivity index (χ4v) is 3.70. The van der Waals surface area contributed by atoms with Crippen molar-refractivity contribution in [2.45, 2.75) is 25.0 Å². The average Bonchev–Trinajstić information content (AvgIpc) is 3.41. The molecule has 27 heavy (non-hydrogen) atoms. The second-order valence-electron chi connectivity index (χ2n) is 7.52. The molecule has 142 valence electrons. The van der Waals surface area contributed by atoms with Crippen LogP contribution in [0, 0.1) is 11.8 Å². The standard InChI is InChI=1S/C22H26N2O3/c25-21-13-23-11-17(21)12-24-22(26)20-10-19(20)16-6-8-18(9-7-16)27-14-15-4-2-1-3-5-15/h1-9,17,19-21,23,25H,10-14H2,(H,24,26). The normalized spacial score (nSPS) is 26.6. The van der Waals surface area contributed by atoms with Gasteiger partial charge in [0.15, 0.2) is 0 Å². The molecule has 1 saturated carbocycles. The molecular formula is C22H26N2O3. The zero-order chi connectivity index (χ0) is 18.6. The Morgan fingerprint density at radius 1 is 1.11 bits per heavy atom. The van der Waals surface area contributed by atoms with Gasteiger partial charge in [-0.15, -0.1) is 0 Å². The van der Waals surface area contributed by atoms with Gasteiger partial charge in [0.05, 0.1) is 6.10 Å². The van der Waals surface area contributed by atoms with Crippen molar-refractivity contribution in [1.82, 2.24) is 10.6 Å². The van der Waals surface area contributed by atoms with E-state index in [1.807, 2.05) is 42.5 Å². The lowest BCUT2D eigenvalue weighted by Gasteiger charge is -2.14. The summed E-state index contributed by atoms with van der Waals surface area (Å²) in [5, 5.41) is 15.9. The van der Waals surface area contributed by atoms with Crippen LogP contribution in [0.2, 0.25) is 0 Å². The summed E-state index contributed by atoms with van der Waals surface area (Å²) in [6, 6.07) is 18.2. The van der Waals surface area contributed by atoms with Crippen molar-refractivity contribution in [3.05, 3.63) is 65.7 Å². The molecule has 0 aromatic heterocycles. The third-order valence-electron chi connectivity index (χ3n) is 5.53. The summed E-state index contributed by atoms with van der Waals surface area (Å²) in [7, 11) is 0. The lowest BCUT2D eigenvalue weighted by Crippen LogP contribution is -2.35. The van der Waals surface area contributed by atoms with Crippen LogP contribution in [0.4, 0.5) is 0 Å². The molecule has 2 aromatic rings. The second kappa shape index (κ2) is 8.11. The number of aliphatic hydroxyl groups is 1. The highest BCUT2D eigenvalue weighted by atomic mass is 16.5. The molecule has 1 aliphatic carbocycles. The number of nitrogens with one attached hydrogen (secondary N) is 2. The number of rotatable bonds is 7. The quantitative estimate of drug-likeness (QED) is 0.702. The van der Waals surface area contributed by atoms with Gasteiger partial charge in [0.1, 0.15) is 12.4 Å². The fraction of sp³-hybridized carbons (Fsp3) is 0.409. The number of amides is 1. The largest absolute Gasteiger partial charge is 0.489 e. The van der Waals surface area contributed by atoms with E-state index in [0.717, 1.165) is 24.3 Å². The van der Waals surface area contributed by atoms with E-state index in [0.29, 0.717) is 25.6 Å². The Bertz CT molecular complexity index is 763. The minimum absolute atomic E-state index is 0.0487. The highest BCUT2D eigenvalue weighted by Crippen LogP contribution is 2.47. The molecule has 1 amide bonds. The first-order chi connectivity index (χ1) is 13.2. The number of aliphatic hydroxyl groups excluding tert-OH is 1. The number of carbonyl (C=O) groups is 1. The smallest absolute Gasteiger partial charge is 0.223 e. The number of hydrogen-bond donors (Lipinski definition) is 3. The highest BCUT2D eigenvalue weighted by Gasteiger charge is 2.44. The Labute approximate surface area is 159 Å². The number of carbonyl (C=O) groups excluding carboxylic acids is 1. The van der Waals surface area contributed by atoms with Gasteiger partial charge in [-0.25, -0.2) is 0 Å². The van der Waals surface area contributed by atoms with Gasteiger partial charge in [0.25, 0.3) is 0 Å². The van der Waals surface area contributed by atoms with Crippen molar-refractivity contribution in [3.63, 3.8) is 0 Å². The summed E-state index contributed by atoms with van der Waals surface area (Å²) < 4.78 is 5.82. The van der Waals surface area contributed by atoms with Crippen LogP contribution in [-0.2, 0) is 11.4 Å². The van der Waals surface area contributed by atoms with E-state index < -0.39 is 0 Å². The van der Waals surface area contributed by atoms with Gasteiger partial charge in [-0.2, -0.15) is 0 Å². The Hall–Kier alpha value is -2.37. The SMILES string of the molecule is O=C(NCC1CNCC1O)C1CC1c1ccc(OCc2ccccc2)cc1. The molecule has 2 aliphatic rings. The van der Waals surface area contributed by atoms with Crippen LogP contribution < -0.4 is 15.4 Å². The number of benzene rings is 2. The molecule has 1 heterocycles. The third kappa shape index (κ3) is 4.49.